The number of aromatic amines is 1. The number of nitrogens with one attached hydrogen (secondary N) is 2. The minimum atomic E-state index is 0.0341. The van der Waals surface area contributed by atoms with Crippen molar-refractivity contribution >= 4 is 60.9 Å². The van der Waals surface area contributed by atoms with E-state index in [1.807, 2.05) is 6.07 Å². The molecule has 0 aliphatic heterocycles. The third-order valence-corrected chi connectivity index (χ3v) is 4.01. The standard InChI is InChI=1S/C12H8Br2Cl2N2O/c13-7-2-9(14)12(18-5-7)17-4-6-1-8(15)3-10(16)11(6)19/h1-3,5,19H,4H2,(H,17,18)/p+1. The van der Waals surface area contributed by atoms with Crippen molar-refractivity contribution < 1.29 is 10.1 Å². The van der Waals surface area contributed by atoms with Gasteiger partial charge in [0, 0.05) is 10.6 Å². The molecule has 0 aliphatic carbocycles. The van der Waals surface area contributed by atoms with Gasteiger partial charge >= 0.3 is 0 Å². The number of benzene rings is 1. The van der Waals surface area contributed by atoms with Crippen LogP contribution in [0.25, 0.3) is 0 Å². The molecule has 0 unspecified atom stereocenters. The number of hydrogen-bond acceptors (Lipinski definition) is 2. The van der Waals surface area contributed by atoms with E-state index >= 15 is 0 Å². The fourth-order valence-corrected chi connectivity index (χ4v) is 3.21. The van der Waals surface area contributed by atoms with Crippen LogP contribution < -0.4 is 10.3 Å². The number of hydrogen-bond donors (Lipinski definition) is 2. The Morgan fingerprint density at radius 1 is 1.21 bits per heavy atom. The molecule has 100 valence electrons. The molecule has 0 amide bonds. The van der Waals surface area contributed by atoms with Crippen LogP contribution in [0, 0.1) is 0 Å². The van der Waals surface area contributed by atoms with Crippen LogP contribution in [0.3, 0.4) is 0 Å². The lowest BCUT2D eigenvalue weighted by molar-refractivity contribution is -0.362. The smallest absolute Gasteiger partial charge is 0.287 e. The summed E-state index contributed by atoms with van der Waals surface area (Å²) in [5.41, 5.74) is 0.626. The number of aromatic hydroxyl groups is 1. The maximum absolute atomic E-state index is 9.85. The molecule has 0 atom stereocenters. The number of phenols is 1. The zero-order valence-electron chi connectivity index (χ0n) is 9.48. The third-order valence-electron chi connectivity index (χ3n) is 2.42. The Labute approximate surface area is 137 Å². The van der Waals surface area contributed by atoms with Gasteiger partial charge in [-0.1, -0.05) is 23.2 Å². The van der Waals surface area contributed by atoms with Gasteiger partial charge in [0.1, 0.15) is 23.0 Å². The lowest BCUT2D eigenvalue weighted by atomic mass is 10.2. The molecule has 0 fully saturated rings. The van der Waals surface area contributed by atoms with Crippen molar-refractivity contribution in [1.29, 1.82) is 0 Å². The van der Waals surface area contributed by atoms with E-state index in [2.05, 4.69) is 42.2 Å². The van der Waals surface area contributed by atoms with E-state index < -0.39 is 0 Å². The van der Waals surface area contributed by atoms with Crippen molar-refractivity contribution in [2.24, 2.45) is 0 Å². The van der Waals surface area contributed by atoms with Gasteiger partial charge in [-0.2, -0.15) is 0 Å². The summed E-state index contributed by atoms with van der Waals surface area (Å²) in [4.78, 5) is 3.07. The van der Waals surface area contributed by atoms with E-state index in [1.54, 1.807) is 12.3 Å². The first kappa shape index (κ1) is 14.9. The molecule has 0 aliphatic rings. The maximum Gasteiger partial charge on any atom is 0.287 e. The molecule has 2 aromatic rings. The van der Waals surface area contributed by atoms with E-state index in [9.17, 15) is 5.11 Å². The van der Waals surface area contributed by atoms with Crippen molar-refractivity contribution in [2.75, 3.05) is 5.32 Å². The quantitative estimate of drug-likeness (QED) is 0.749. The van der Waals surface area contributed by atoms with Crippen molar-refractivity contribution in [2.45, 2.75) is 6.54 Å². The third kappa shape index (κ3) is 3.75. The number of rotatable bonds is 3. The Morgan fingerprint density at radius 3 is 2.63 bits per heavy atom. The largest absolute Gasteiger partial charge is 0.506 e. The Kier molecular flexibility index (Phi) is 4.95. The molecular weight excluding hydrogens is 419 g/mol. The second-order valence-corrected chi connectivity index (χ2v) is 6.40. The molecular formula is C12H9Br2Cl2N2O+. The van der Waals surface area contributed by atoms with Crippen LogP contribution in [-0.4, -0.2) is 5.11 Å². The summed E-state index contributed by atoms with van der Waals surface area (Å²) in [5.74, 6) is 0.825. The van der Waals surface area contributed by atoms with E-state index in [4.69, 9.17) is 23.2 Å². The maximum atomic E-state index is 9.85. The number of anilines is 1. The summed E-state index contributed by atoms with van der Waals surface area (Å²) in [5, 5.41) is 13.7. The Morgan fingerprint density at radius 2 is 1.95 bits per heavy atom. The van der Waals surface area contributed by atoms with Crippen LogP contribution in [0.1, 0.15) is 5.56 Å². The number of aromatic nitrogens is 1. The van der Waals surface area contributed by atoms with E-state index in [1.165, 1.54) is 6.07 Å². The molecule has 1 aromatic heterocycles. The van der Waals surface area contributed by atoms with Gasteiger partial charge in [0.2, 0.25) is 0 Å². The van der Waals surface area contributed by atoms with E-state index in [-0.39, 0.29) is 10.8 Å². The number of pyridine rings is 1. The average molecular weight is 428 g/mol. The van der Waals surface area contributed by atoms with Gasteiger partial charge in [-0.15, -0.1) is 0 Å². The van der Waals surface area contributed by atoms with Crippen molar-refractivity contribution in [3.8, 4) is 5.75 Å². The number of halogens is 4. The highest BCUT2D eigenvalue weighted by Crippen LogP contribution is 2.31. The highest BCUT2D eigenvalue weighted by molar-refractivity contribution is 9.11. The van der Waals surface area contributed by atoms with Crippen LogP contribution in [0.4, 0.5) is 5.82 Å². The van der Waals surface area contributed by atoms with Crippen LogP contribution in [0.15, 0.2) is 33.3 Å². The summed E-state index contributed by atoms with van der Waals surface area (Å²) in [6.45, 7) is 0.392. The molecule has 0 spiro atoms. The number of phenolic OH excluding ortho intramolecular Hbond substituents is 1. The first-order valence-corrected chi connectivity index (χ1v) is 7.59. The van der Waals surface area contributed by atoms with Gasteiger partial charge in [-0.3, -0.25) is 5.32 Å². The molecule has 7 heteroatoms. The molecule has 0 bridgehead atoms. The van der Waals surface area contributed by atoms with Crippen molar-refractivity contribution in [1.82, 2.24) is 0 Å². The van der Waals surface area contributed by atoms with Crippen molar-refractivity contribution in [3.05, 3.63) is 49.0 Å². The second-order valence-electron chi connectivity index (χ2n) is 3.79. The molecule has 0 saturated carbocycles. The van der Waals surface area contributed by atoms with Gasteiger partial charge in [0.25, 0.3) is 5.82 Å². The summed E-state index contributed by atoms with van der Waals surface area (Å²) in [6.07, 6.45) is 1.80. The van der Waals surface area contributed by atoms with Gasteiger partial charge in [-0.25, -0.2) is 4.98 Å². The highest BCUT2D eigenvalue weighted by atomic mass is 79.9. The Hall–Kier alpha value is -0.490. The topological polar surface area (TPSA) is 46.4 Å². The molecule has 19 heavy (non-hydrogen) atoms. The molecule has 2 rings (SSSR count). The van der Waals surface area contributed by atoms with Crippen LogP contribution >= 0.6 is 55.1 Å². The molecule has 0 saturated heterocycles. The lowest BCUT2D eigenvalue weighted by Crippen LogP contribution is -2.13. The highest BCUT2D eigenvalue weighted by Gasteiger charge is 2.12. The number of H-pyrrole nitrogens is 1. The molecule has 1 aromatic carbocycles. The normalized spacial score (nSPS) is 10.5. The second kappa shape index (κ2) is 6.31. The van der Waals surface area contributed by atoms with Gasteiger partial charge < -0.3 is 5.11 Å². The zero-order chi connectivity index (χ0) is 14.0. The summed E-state index contributed by atoms with van der Waals surface area (Å²) < 4.78 is 1.80. The zero-order valence-corrected chi connectivity index (χ0v) is 14.2. The van der Waals surface area contributed by atoms with Gasteiger partial charge in [0.15, 0.2) is 0 Å². The first-order valence-electron chi connectivity index (χ1n) is 5.25. The average Bonchev–Trinajstić information content (AvgIpc) is 2.33. The van der Waals surface area contributed by atoms with E-state index in [0.29, 0.717) is 17.1 Å². The Balaban J connectivity index is 2.19. The predicted octanol–water partition coefficient (Wildman–Crippen LogP) is 4.65. The summed E-state index contributed by atoms with van der Waals surface area (Å²) in [7, 11) is 0. The van der Waals surface area contributed by atoms with E-state index in [0.717, 1.165) is 14.8 Å². The minimum absolute atomic E-state index is 0.0341. The summed E-state index contributed by atoms with van der Waals surface area (Å²) >= 11 is 18.6. The molecule has 0 radical (unpaired) electrons. The van der Waals surface area contributed by atoms with Gasteiger partial charge in [0.05, 0.1) is 9.50 Å². The Bertz CT molecular complexity index is 623. The van der Waals surface area contributed by atoms with Crippen LogP contribution in [-0.2, 0) is 6.54 Å². The van der Waals surface area contributed by atoms with Crippen molar-refractivity contribution in [3.63, 3.8) is 0 Å². The molecule has 3 N–H and O–H groups in total. The monoisotopic (exact) mass is 425 g/mol. The van der Waals surface area contributed by atoms with Crippen LogP contribution in [0.5, 0.6) is 5.75 Å². The fourth-order valence-electron chi connectivity index (χ4n) is 1.52. The summed E-state index contributed by atoms with van der Waals surface area (Å²) in [6, 6.07) is 5.08. The minimum Gasteiger partial charge on any atom is -0.506 e. The van der Waals surface area contributed by atoms with Gasteiger partial charge in [-0.05, 0) is 50.1 Å². The van der Waals surface area contributed by atoms with Crippen LogP contribution in [0.2, 0.25) is 10.0 Å². The lowest BCUT2D eigenvalue weighted by Gasteiger charge is -2.06. The predicted molar refractivity (Wildman–Crippen MR) is 83.9 cm³/mol. The fraction of sp³-hybridized carbons (Fsp3) is 0.0833. The first-order chi connectivity index (χ1) is 8.97. The molecule has 1 heterocycles. The molecule has 3 nitrogen and oxygen atoms in total. The SMILES string of the molecule is Oc1c(Cl)cc(Cl)cc1CNc1[nH+]cc(Br)cc1Br.